The lowest BCUT2D eigenvalue weighted by molar-refractivity contribution is 0.0923. The summed E-state index contributed by atoms with van der Waals surface area (Å²) in [4.78, 5) is 28.9. The van der Waals surface area contributed by atoms with Gasteiger partial charge >= 0.3 is 0 Å². The van der Waals surface area contributed by atoms with Crippen LogP contribution in [0.3, 0.4) is 0 Å². The minimum atomic E-state index is -0.406. The van der Waals surface area contributed by atoms with Crippen molar-refractivity contribution in [2.75, 3.05) is 19.6 Å². The standard InChI is InChI=1S/C19H22FN3O2/c20-15-8-6-14(7-9-15)17(23-11-2-1-3-12-23)13-22-19(25)16-5-4-10-21-18(16)24/h4-10,17H,1-3,11-13H2,(H,21,24)(H,22,25). The summed E-state index contributed by atoms with van der Waals surface area (Å²) >= 11 is 0. The van der Waals surface area contributed by atoms with Crippen LogP contribution in [0.1, 0.15) is 41.2 Å². The number of benzene rings is 1. The molecule has 3 rings (SSSR count). The number of rotatable bonds is 5. The van der Waals surface area contributed by atoms with Gasteiger partial charge in [-0.15, -0.1) is 0 Å². The molecule has 0 bridgehead atoms. The van der Waals surface area contributed by atoms with Crippen molar-refractivity contribution in [2.45, 2.75) is 25.3 Å². The molecular weight excluding hydrogens is 321 g/mol. The van der Waals surface area contributed by atoms with Crippen LogP contribution in [0.2, 0.25) is 0 Å². The Balaban J connectivity index is 1.75. The number of pyridine rings is 1. The fourth-order valence-electron chi connectivity index (χ4n) is 3.26. The molecule has 1 amide bonds. The monoisotopic (exact) mass is 343 g/mol. The first-order valence-corrected chi connectivity index (χ1v) is 8.60. The van der Waals surface area contributed by atoms with Gasteiger partial charge < -0.3 is 10.3 Å². The fourth-order valence-corrected chi connectivity index (χ4v) is 3.26. The molecule has 1 unspecified atom stereocenters. The van der Waals surface area contributed by atoms with Gasteiger partial charge in [0.25, 0.3) is 11.5 Å². The minimum absolute atomic E-state index is 0.0346. The summed E-state index contributed by atoms with van der Waals surface area (Å²) in [5.41, 5.74) is 0.654. The van der Waals surface area contributed by atoms with Gasteiger partial charge in [0, 0.05) is 12.7 Å². The largest absolute Gasteiger partial charge is 0.350 e. The Hall–Kier alpha value is -2.47. The minimum Gasteiger partial charge on any atom is -0.350 e. The number of amides is 1. The van der Waals surface area contributed by atoms with Crippen LogP contribution in [0, 0.1) is 5.82 Å². The number of nitrogens with one attached hydrogen (secondary N) is 2. The molecule has 2 N–H and O–H groups in total. The van der Waals surface area contributed by atoms with Gasteiger partial charge in [-0.05, 0) is 55.8 Å². The molecule has 0 saturated carbocycles. The van der Waals surface area contributed by atoms with E-state index in [0.29, 0.717) is 6.54 Å². The average molecular weight is 343 g/mol. The van der Waals surface area contributed by atoms with Gasteiger partial charge in [0.2, 0.25) is 0 Å². The van der Waals surface area contributed by atoms with Gasteiger partial charge in [0.1, 0.15) is 11.4 Å². The van der Waals surface area contributed by atoms with Crippen LogP contribution >= 0.6 is 0 Å². The van der Waals surface area contributed by atoms with Crippen LogP contribution in [0.5, 0.6) is 0 Å². The molecule has 1 fully saturated rings. The Morgan fingerprint density at radius 1 is 1.16 bits per heavy atom. The molecule has 2 aromatic rings. The van der Waals surface area contributed by atoms with E-state index in [1.165, 1.54) is 30.8 Å². The highest BCUT2D eigenvalue weighted by Crippen LogP contribution is 2.24. The highest BCUT2D eigenvalue weighted by atomic mass is 19.1. The third-order valence-electron chi connectivity index (χ3n) is 4.60. The molecule has 1 aliphatic heterocycles. The number of carbonyl (C=O) groups is 1. The highest BCUT2D eigenvalue weighted by Gasteiger charge is 2.23. The highest BCUT2D eigenvalue weighted by molar-refractivity contribution is 5.93. The molecule has 6 heteroatoms. The van der Waals surface area contributed by atoms with Crippen LogP contribution in [0.4, 0.5) is 4.39 Å². The topological polar surface area (TPSA) is 65.2 Å². The molecule has 2 heterocycles. The molecule has 1 aromatic carbocycles. The first-order valence-electron chi connectivity index (χ1n) is 8.60. The summed E-state index contributed by atoms with van der Waals surface area (Å²) in [5.74, 6) is -0.674. The molecule has 0 aliphatic carbocycles. The van der Waals surface area contributed by atoms with E-state index in [-0.39, 0.29) is 17.4 Å². The number of aromatic amines is 1. The predicted octanol–water partition coefficient (Wildman–Crippen LogP) is 2.47. The smallest absolute Gasteiger partial charge is 0.260 e. The summed E-state index contributed by atoms with van der Waals surface area (Å²) in [6.45, 7) is 2.27. The molecule has 1 aliphatic rings. The average Bonchev–Trinajstić information content (AvgIpc) is 2.64. The van der Waals surface area contributed by atoms with Crippen molar-refractivity contribution < 1.29 is 9.18 Å². The van der Waals surface area contributed by atoms with Gasteiger partial charge in [-0.1, -0.05) is 18.6 Å². The predicted molar refractivity (Wildman–Crippen MR) is 94.0 cm³/mol. The quantitative estimate of drug-likeness (QED) is 0.876. The molecular formula is C19H22FN3O2. The molecule has 1 atom stereocenters. The van der Waals surface area contributed by atoms with Crippen molar-refractivity contribution in [1.29, 1.82) is 0 Å². The molecule has 25 heavy (non-hydrogen) atoms. The first kappa shape index (κ1) is 17.4. The van der Waals surface area contributed by atoms with Crippen LogP contribution in [0.25, 0.3) is 0 Å². The zero-order chi connectivity index (χ0) is 17.6. The Kier molecular flexibility index (Phi) is 5.60. The van der Waals surface area contributed by atoms with E-state index in [1.807, 2.05) is 0 Å². The summed E-state index contributed by atoms with van der Waals surface area (Å²) in [6, 6.07) is 9.49. The summed E-state index contributed by atoms with van der Waals surface area (Å²) in [7, 11) is 0. The van der Waals surface area contributed by atoms with E-state index in [2.05, 4.69) is 15.2 Å². The number of hydrogen-bond acceptors (Lipinski definition) is 3. The molecule has 0 spiro atoms. The molecule has 1 saturated heterocycles. The van der Waals surface area contributed by atoms with Gasteiger partial charge in [0.15, 0.2) is 0 Å². The van der Waals surface area contributed by atoms with Crippen molar-refractivity contribution in [1.82, 2.24) is 15.2 Å². The number of likely N-dealkylation sites (tertiary alicyclic amines) is 1. The van der Waals surface area contributed by atoms with Gasteiger partial charge in [0.05, 0.1) is 6.04 Å². The number of piperidine rings is 1. The van der Waals surface area contributed by atoms with Crippen molar-refractivity contribution >= 4 is 5.91 Å². The number of H-pyrrole nitrogens is 1. The third-order valence-corrected chi connectivity index (χ3v) is 4.60. The summed E-state index contributed by atoms with van der Waals surface area (Å²) in [6.07, 6.45) is 4.93. The van der Waals surface area contributed by atoms with Gasteiger partial charge in [-0.25, -0.2) is 4.39 Å². The second-order valence-corrected chi connectivity index (χ2v) is 6.29. The van der Waals surface area contributed by atoms with Crippen LogP contribution in [-0.4, -0.2) is 35.4 Å². The van der Waals surface area contributed by atoms with Crippen molar-refractivity contribution in [3.63, 3.8) is 0 Å². The number of hydrogen-bond donors (Lipinski definition) is 2. The van der Waals surface area contributed by atoms with Gasteiger partial charge in [-0.3, -0.25) is 14.5 Å². The number of aromatic nitrogens is 1. The lowest BCUT2D eigenvalue weighted by Gasteiger charge is -2.35. The summed E-state index contributed by atoms with van der Waals surface area (Å²) in [5, 5.41) is 2.86. The van der Waals surface area contributed by atoms with Crippen molar-refractivity contribution in [2.24, 2.45) is 0 Å². The van der Waals surface area contributed by atoms with E-state index in [4.69, 9.17) is 0 Å². The maximum absolute atomic E-state index is 13.3. The number of carbonyl (C=O) groups excluding carboxylic acids is 1. The second-order valence-electron chi connectivity index (χ2n) is 6.29. The molecule has 132 valence electrons. The third kappa shape index (κ3) is 4.33. The zero-order valence-corrected chi connectivity index (χ0v) is 14.0. The van der Waals surface area contributed by atoms with Crippen LogP contribution in [-0.2, 0) is 0 Å². The van der Waals surface area contributed by atoms with Gasteiger partial charge in [-0.2, -0.15) is 0 Å². The Morgan fingerprint density at radius 2 is 1.88 bits per heavy atom. The summed E-state index contributed by atoms with van der Waals surface area (Å²) < 4.78 is 13.3. The number of halogens is 1. The van der Waals surface area contributed by atoms with Crippen molar-refractivity contribution in [3.8, 4) is 0 Å². The maximum Gasteiger partial charge on any atom is 0.260 e. The normalized spacial score (nSPS) is 16.4. The first-order chi connectivity index (χ1) is 12.1. The molecule has 1 aromatic heterocycles. The lowest BCUT2D eigenvalue weighted by atomic mass is 10.0. The second kappa shape index (κ2) is 8.07. The SMILES string of the molecule is O=C(NCC(c1ccc(F)cc1)N1CCCCC1)c1ccc[nH]c1=O. The number of nitrogens with zero attached hydrogens (tertiary/aromatic N) is 1. The fraction of sp³-hybridized carbons (Fsp3) is 0.368. The van der Waals surface area contributed by atoms with Crippen molar-refractivity contribution in [3.05, 3.63) is 69.9 Å². The Labute approximate surface area is 145 Å². The van der Waals surface area contributed by atoms with E-state index >= 15 is 0 Å². The van der Waals surface area contributed by atoms with E-state index in [1.54, 1.807) is 18.2 Å². The van der Waals surface area contributed by atoms with E-state index in [0.717, 1.165) is 31.5 Å². The Morgan fingerprint density at radius 3 is 2.56 bits per heavy atom. The van der Waals surface area contributed by atoms with Crippen LogP contribution < -0.4 is 10.9 Å². The Bertz CT molecular complexity index is 767. The maximum atomic E-state index is 13.3. The zero-order valence-electron chi connectivity index (χ0n) is 14.0. The van der Waals surface area contributed by atoms with E-state index < -0.39 is 11.5 Å². The van der Waals surface area contributed by atoms with Crippen LogP contribution in [0.15, 0.2) is 47.4 Å². The molecule has 5 nitrogen and oxygen atoms in total. The van der Waals surface area contributed by atoms with E-state index in [9.17, 15) is 14.0 Å². The lowest BCUT2D eigenvalue weighted by Crippen LogP contribution is -2.41. The molecule has 0 radical (unpaired) electrons.